The lowest BCUT2D eigenvalue weighted by atomic mass is 10.3. The monoisotopic (exact) mass is 196 g/mol. The molecule has 2 aromatic rings. The van der Waals surface area contributed by atoms with E-state index in [0.717, 1.165) is 0 Å². The second kappa shape index (κ2) is 3.56. The summed E-state index contributed by atoms with van der Waals surface area (Å²) in [5.74, 6) is 0.0966. The fraction of sp³-hybridized carbons (Fsp3) is 0. The van der Waals surface area contributed by atoms with Crippen molar-refractivity contribution in [1.29, 1.82) is 10.5 Å². The van der Waals surface area contributed by atoms with Crippen LogP contribution in [0.4, 0.5) is 0 Å². The Bertz CT molecular complexity index is 554. The fourth-order valence-electron chi connectivity index (χ4n) is 1.03. The van der Waals surface area contributed by atoms with Crippen molar-refractivity contribution >= 4 is 0 Å². The molecular formula is C9H4N6. The highest BCUT2D eigenvalue weighted by Gasteiger charge is 2.01. The Morgan fingerprint density at radius 2 is 2.00 bits per heavy atom. The lowest BCUT2D eigenvalue weighted by molar-refractivity contribution is 0.865. The average Bonchev–Trinajstić information content (AvgIpc) is 2.78. The molecule has 0 N–H and O–H groups in total. The number of nitrogens with zero attached hydrogens (tertiary/aromatic N) is 6. The summed E-state index contributed by atoms with van der Waals surface area (Å²) in [7, 11) is 0. The zero-order valence-electron chi connectivity index (χ0n) is 7.49. The molecule has 0 atom stereocenters. The SMILES string of the molecule is N#Cc1ccc(-n2cnc(C#N)n2)cn1. The number of hydrogen-bond donors (Lipinski definition) is 0. The summed E-state index contributed by atoms with van der Waals surface area (Å²) in [6.07, 6.45) is 2.91. The van der Waals surface area contributed by atoms with Crippen LogP contribution in [0.25, 0.3) is 5.69 Å². The second-order valence-corrected chi connectivity index (χ2v) is 2.64. The Morgan fingerprint density at radius 1 is 1.13 bits per heavy atom. The van der Waals surface area contributed by atoms with E-state index in [4.69, 9.17) is 10.5 Å². The molecule has 0 fully saturated rings. The molecule has 0 aliphatic heterocycles. The molecule has 0 saturated carbocycles. The summed E-state index contributed by atoms with van der Waals surface area (Å²) in [6.45, 7) is 0. The van der Waals surface area contributed by atoms with Crippen LogP contribution in [0, 0.1) is 22.7 Å². The summed E-state index contributed by atoms with van der Waals surface area (Å²) < 4.78 is 1.42. The van der Waals surface area contributed by atoms with Crippen LogP contribution in [0.15, 0.2) is 24.7 Å². The summed E-state index contributed by atoms with van der Waals surface area (Å²) in [4.78, 5) is 7.63. The third-order valence-corrected chi connectivity index (χ3v) is 1.72. The first-order valence-corrected chi connectivity index (χ1v) is 4.02. The second-order valence-electron chi connectivity index (χ2n) is 2.64. The zero-order valence-corrected chi connectivity index (χ0v) is 7.49. The summed E-state index contributed by atoms with van der Waals surface area (Å²) >= 11 is 0. The molecule has 2 heterocycles. The van der Waals surface area contributed by atoms with Gasteiger partial charge in [-0.1, -0.05) is 0 Å². The third kappa shape index (κ3) is 1.64. The Labute approximate surface area is 85.1 Å². The lowest BCUT2D eigenvalue weighted by Crippen LogP contribution is -1.96. The van der Waals surface area contributed by atoms with E-state index in [1.54, 1.807) is 12.1 Å². The standard InChI is InChI=1S/C9H4N6/c10-3-7-1-2-8(5-12-7)15-6-13-9(4-11)14-15/h1-2,5-6H. The molecule has 0 aliphatic carbocycles. The van der Waals surface area contributed by atoms with Gasteiger partial charge in [-0.15, -0.1) is 5.10 Å². The molecule has 70 valence electrons. The highest BCUT2D eigenvalue weighted by molar-refractivity contribution is 5.32. The Morgan fingerprint density at radius 3 is 2.53 bits per heavy atom. The first-order chi connectivity index (χ1) is 7.33. The van der Waals surface area contributed by atoms with Crippen molar-refractivity contribution in [3.63, 3.8) is 0 Å². The van der Waals surface area contributed by atoms with Gasteiger partial charge in [-0.3, -0.25) is 0 Å². The molecule has 0 unspecified atom stereocenters. The number of nitriles is 2. The zero-order chi connectivity index (χ0) is 10.7. The van der Waals surface area contributed by atoms with Crippen molar-refractivity contribution in [3.8, 4) is 17.8 Å². The highest BCUT2D eigenvalue weighted by atomic mass is 15.3. The van der Waals surface area contributed by atoms with E-state index >= 15 is 0 Å². The lowest BCUT2D eigenvalue weighted by Gasteiger charge is -1.97. The van der Waals surface area contributed by atoms with Gasteiger partial charge < -0.3 is 0 Å². The number of rotatable bonds is 1. The topological polar surface area (TPSA) is 91.2 Å². The molecule has 0 aliphatic rings. The highest BCUT2D eigenvalue weighted by Crippen LogP contribution is 2.04. The minimum Gasteiger partial charge on any atom is -0.243 e. The van der Waals surface area contributed by atoms with Gasteiger partial charge in [-0.05, 0) is 12.1 Å². The van der Waals surface area contributed by atoms with Crippen LogP contribution < -0.4 is 0 Å². The van der Waals surface area contributed by atoms with Crippen LogP contribution in [-0.2, 0) is 0 Å². The van der Waals surface area contributed by atoms with Crippen molar-refractivity contribution in [2.75, 3.05) is 0 Å². The Hall–Kier alpha value is -2.73. The minimum absolute atomic E-state index is 0.0966. The Kier molecular flexibility index (Phi) is 2.10. The molecule has 2 rings (SSSR count). The van der Waals surface area contributed by atoms with E-state index in [1.807, 2.05) is 12.1 Å². The van der Waals surface area contributed by atoms with Crippen LogP contribution in [0.5, 0.6) is 0 Å². The molecule has 6 nitrogen and oxygen atoms in total. The maximum atomic E-state index is 8.55. The van der Waals surface area contributed by atoms with E-state index in [-0.39, 0.29) is 5.82 Å². The van der Waals surface area contributed by atoms with Crippen LogP contribution in [0.2, 0.25) is 0 Å². The van der Waals surface area contributed by atoms with Crippen LogP contribution >= 0.6 is 0 Å². The molecular weight excluding hydrogens is 192 g/mol. The van der Waals surface area contributed by atoms with Crippen LogP contribution in [-0.4, -0.2) is 19.7 Å². The molecule has 0 radical (unpaired) electrons. The minimum atomic E-state index is 0.0966. The van der Waals surface area contributed by atoms with Gasteiger partial charge in [0, 0.05) is 0 Å². The summed E-state index contributed by atoms with van der Waals surface area (Å²) in [5.41, 5.74) is 0.988. The molecule has 0 amide bonds. The van der Waals surface area contributed by atoms with Crippen LogP contribution in [0.3, 0.4) is 0 Å². The van der Waals surface area contributed by atoms with Crippen molar-refractivity contribution in [2.45, 2.75) is 0 Å². The van der Waals surface area contributed by atoms with Crippen molar-refractivity contribution < 1.29 is 0 Å². The van der Waals surface area contributed by atoms with E-state index in [2.05, 4.69) is 15.1 Å². The first-order valence-electron chi connectivity index (χ1n) is 4.02. The van der Waals surface area contributed by atoms with Gasteiger partial charge in [-0.25, -0.2) is 14.6 Å². The predicted octanol–water partition coefficient (Wildman–Crippen LogP) is 0.406. The number of aromatic nitrogens is 4. The number of pyridine rings is 1. The van der Waals surface area contributed by atoms with E-state index < -0.39 is 0 Å². The van der Waals surface area contributed by atoms with Gasteiger partial charge in [0.1, 0.15) is 24.2 Å². The van der Waals surface area contributed by atoms with Gasteiger partial charge in [0.25, 0.3) is 5.82 Å². The molecule has 0 aromatic carbocycles. The summed E-state index contributed by atoms with van der Waals surface area (Å²) in [6, 6.07) is 6.99. The normalized spacial score (nSPS) is 9.20. The van der Waals surface area contributed by atoms with Crippen molar-refractivity contribution in [3.05, 3.63) is 36.2 Å². The maximum absolute atomic E-state index is 8.55. The molecule has 6 heteroatoms. The van der Waals surface area contributed by atoms with E-state index in [0.29, 0.717) is 11.4 Å². The van der Waals surface area contributed by atoms with Crippen molar-refractivity contribution in [2.24, 2.45) is 0 Å². The number of hydrogen-bond acceptors (Lipinski definition) is 5. The van der Waals surface area contributed by atoms with Gasteiger partial charge in [0.2, 0.25) is 0 Å². The quantitative estimate of drug-likeness (QED) is 0.658. The van der Waals surface area contributed by atoms with E-state index in [1.165, 1.54) is 17.2 Å². The van der Waals surface area contributed by atoms with Crippen LogP contribution in [0.1, 0.15) is 11.5 Å². The van der Waals surface area contributed by atoms with Gasteiger partial charge in [0.15, 0.2) is 0 Å². The van der Waals surface area contributed by atoms with Gasteiger partial charge in [-0.2, -0.15) is 10.5 Å². The predicted molar refractivity (Wildman–Crippen MR) is 48.6 cm³/mol. The fourth-order valence-corrected chi connectivity index (χ4v) is 1.03. The largest absolute Gasteiger partial charge is 0.252 e. The molecule has 2 aromatic heterocycles. The third-order valence-electron chi connectivity index (χ3n) is 1.72. The van der Waals surface area contributed by atoms with Gasteiger partial charge in [0.05, 0.1) is 11.9 Å². The average molecular weight is 196 g/mol. The first kappa shape index (κ1) is 8.85. The maximum Gasteiger partial charge on any atom is 0.252 e. The van der Waals surface area contributed by atoms with Gasteiger partial charge >= 0.3 is 0 Å². The molecule has 0 saturated heterocycles. The van der Waals surface area contributed by atoms with E-state index in [9.17, 15) is 0 Å². The summed E-state index contributed by atoms with van der Waals surface area (Å²) in [5, 5.41) is 21.0. The van der Waals surface area contributed by atoms with Crippen molar-refractivity contribution in [1.82, 2.24) is 19.7 Å². The Balaban J connectivity index is 2.39. The molecule has 0 spiro atoms. The smallest absolute Gasteiger partial charge is 0.243 e. The molecule has 0 bridgehead atoms. The molecule has 15 heavy (non-hydrogen) atoms.